The van der Waals surface area contributed by atoms with E-state index >= 15 is 0 Å². The van der Waals surface area contributed by atoms with E-state index in [1.54, 1.807) is 0 Å². The van der Waals surface area contributed by atoms with Gasteiger partial charge in [-0.1, -0.05) is 97.1 Å². The average Bonchev–Trinajstić information content (AvgIpc) is 2.91. The van der Waals surface area contributed by atoms with Crippen LogP contribution in [0.2, 0.25) is 0 Å². The molecule has 5 aromatic rings. The van der Waals surface area contributed by atoms with Crippen molar-refractivity contribution in [1.82, 2.24) is 4.98 Å². The minimum absolute atomic E-state index is 0.474. The molecule has 3 nitrogen and oxygen atoms in total. The number of aromatic nitrogens is 1. The molecule has 5 rings (SSSR count). The third kappa shape index (κ3) is 5.51. The molecule has 0 aliphatic rings. The van der Waals surface area contributed by atoms with E-state index in [9.17, 15) is 0 Å². The molecule has 0 unspecified atom stereocenters. The molecule has 0 fully saturated rings. The molecule has 166 valence electrons. The van der Waals surface area contributed by atoms with Crippen molar-refractivity contribution >= 4 is 23.1 Å². The largest absolute Gasteiger partial charge is 0.485 e. The lowest BCUT2D eigenvalue weighted by Gasteiger charge is -2.14. The molecule has 0 atom stereocenters. The van der Waals surface area contributed by atoms with Crippen LogP contribution < -0.4 is 9.47 Å². The van der Waals surface area contributed by atoms with Gasteiger partial charge in [0, 0.05) is 5.39 Å². The number of pyridine rings is 1. The van der Waals surface area contributed by atoms with Crippen LogP contribution in [-0.2, 0) is 13.2 Å². The number of hydrogen-bond acceptors (Lipinski definition) is 3. The van der Waals surface area contributed by atoms with Crippen molar-refractivity contribution in [2.45, 2.75) is 13.2 Å². The standard InChI is InChI=1S/C31H25NO2/c1-3-9-25(10-4-1)22-33-30-20-16-24(21-31(30)34-23-26-11-5-2-6-12-26)15-18-28-19-17-27-13-7-8-14-29(27)32-28/h1-21H,22-23H2. The van der Waals surface area contributed by atoms with Crippen molar-refractivity contribution in [1.29, 1.82) is 0 Å². The summed E-state index contributed by atoms with van der Waals surface area (Å²) in [5.74, 6) is 1.44. The molecule has 0 aliphatic heterocycles. The summed E-state index contributed by atoms with van der Waals surface area (Å²) in [6, 6.07) is 38.6. The molecule has 4 aromatic carbocycles. The Balaban J connectivity index is 1.37. The molecule has 34 heavy (non-hydrogen) atoms. The number of hydrogen-bond donors (Lipinski definition) is 0. The van der Waals surface area contributed by atoms with Crippen LogP contribution in [0, 0.1) is 0 Å². The third-order valence-corrected chi connectivity index (χ3v) is 5.51. The predicted octanol–water partition coefficient (Wildman–Crippen LogP) is 7.56. The fourth-order valence-electron chi connectivity index (χ4n) is 3.69. The van der Waals surface area contributed by atoms with E-state index in [4.69, 9.17) is 14.5 Å². The van der Waals surface area contributed by atoms with Gasteiger partial charge in [0.25, 0.3) is 0 Å². The molecule has 0 saturated carbocycles. The maximum Gasteiger partial charge on any atom is 0.162 e. The average molecular weight is 444 g/mol. The zero-order valence-electron chi connectivity index (χ0n) is 18.8. The summed E-state index contributed by atoms with van der Waals surface area (Å²) in [5.41, 5.74) is 5.14. The van der Waals surface area contributed by atoms with E-state index in [-0.39, 0.29) is 0 Å². The highest BCUT2D eigenvalue weighted by Crippen LogP contribution is 2.31. The Morgan fingerprint density at radius 3 is 1.94 bits per heavy atom. The Labute approximate surface area is 200 Å². The van der Waals surface area contributed by atoms with E-state index in [2.05, 4.69) is 36.4 Å². The highest BCUT2D eigenvalue weighted by molar-refractivity contribution is 5.81. The van der Waals surface area contributed by atoms with Crippen molar-refractivity contribution in [2.24, 2.45) is 0 Å². The second-order valence-electron chi connectivity index (χ2n) is 8.02. The first-order chi connectivity index (χ1) is 16.8. The normalized spacial score (nSPS) is 11.1. The maximum atomic E-state index is 6.19. The van der Waals surface area contributed by atoms with Crippen LogP contribution in [0.4, 0.5) is 0 Å². The Hall–Kier alpha value is -4.37. The van der Waals surface area contributed by atoms with E-state index < -0.39 is 0 Å². The predicted molar refractivity (Wildman–Crippen MR) is 139 cm³/mol. The quantitative estimate of drug-likeness (QED) is 0.248. The number of nitrogens with zero attached hydrogens (tertiary/aromatic N) is 1. The molecule has 1 heterocycles. The van der Waals surface area contributed by atoms with Gasteiger partial charge in [0.2, 0.25) is 0 Å². The molecule has 0 amide bonds. The lowest BCUT2D eigenvalue weighted by Crippen LogP contribution is -2.01. The molecule has 1 aromatic heterocycles. The topological polar surface area (TPSA) is 31.4 Å². The van der Waals surface area contributed by atoms with Crippen LogP contribution in [0.15, 0.2) is 115 Å². The summed E-state index contributed by atoms with van der Waals surface area (Å²) in [6.07, 6.45) is 4.07. The number of fused-ring (bicyclic) bond motifs is 1. The summed E-state index contributed by atoms with van der Waals surface area (Å²) < 4.78 is 12.3. The highest BCUT2D eigenvalue weighted by atomic mass is 16.5. The molecule has 0 N–H and O–H groups in total. The Kier molecular flexibility index (Phi) is 6.63. The number of ether oxygens (including phenoxy) is 2. The second kappa shape index (κ2) is 10.5. The maximum absolute atomic E-state index is 6.19. The molecular weight excluding hydrogens is 418 g/mol. The summed E-state index contributed by atoms with van der Waals surface area (Å²) >= 11 is 0. The molecule has 0 bridgehead atoms. The molecule has 0 aliphatic carbocycles. The first-order valence-corrected chi connectivity index (χ1v) is 11.3. The zero-order valence-corrected chi connectivity index (χ0v) is 18.8. The first-order valence-electron chi connectivity index (χ1n) is 11.3. The van der Waals surface area contributed by atoms with E-state index in [0.717, 1.165) is 39.0 Å². The minimum atomic E-state index is 0.474. The highest BCUT2D eigenvalue weighted by Gasteiger charge is 2.08. The van der Waals surface area contributed by atoms with Crippen molar-refractivity contribution in [3.8, 4) is 11.5 Å². The van der Waals surface area contributed by atoms with Gasteiger partial charge in [-0.3, -0.25) is 0 Å². The SMILES string of the molecule is C(=Cc1ccc2ccccc2n1)c1ccc(OCc2ccccc2)c(OCc2ccccc2)c1. The molecule has 0 saturated heterocycles. The van der Waals surface area contributed by atoms with Gasteiger partial charge in [-0.05, 0) is 47.0 Å². The molecule has 0 spiro atoms. The van der Waals surface area contributed by atoms with Crippen molar-refractivity contribution in [3.05, 3.63) is 138 Å². The first kappa shape index (κ1) is 21.5. The third-order valence-electron chi connectivity index (χ3n) is 5.51. The summed E-state index contributed by atoms with van der Waals surface area (Å²) in [4.78, 5) is 4.73. The summed E-state index contributed by atoms with van der Waals surface area (Å²) in [5, 5.41) is 1.14. The van der Waals surface area contributed by atoms with Crippen LogP contribution in [0.3, 0.4) is 0 Å². The fraction of sp³-hybridized carbons (Fsp3) is 0.0645. The van der Waals surface area contributed by atoms with Gasteiger partial charge in [0.15, 0.2) is 11.5 Å². The van der Waals surface area contributed by atoms with Gasteiger partial charge < -0.3 is 9.47 Å². The van der Waals surface area contributed by atoms with E-state index in [1.807, 2.05) is 91.0 Å². The van der Waals surface area contributed by atoms with Gasteiger partial charge in [-0.25, -0.2) is 4.98 Å². The number of rotatable bonds is 8. The number of para-hydroxylation sites is 1. The van der Waals surface area contributed by atoms with Gasteiger partial charge >= 0.3 is 0 Å². The lowest BCUT2D eigenvalue weighted by molar-refractivity contribution is 0.256. The number of benzene rings is 4. The van der Waals surface area contributed by atoms with Crippen LogP contribution in [0.1, 0.15) is 22.4 Å². The van der Waals surface area contributed by atoms with Crippen LogP contribution in [-0.4, -0.2) is 4.98 Å². The smallest absolute Gasteiger partial charge is 0.162 e. The summed E-state index contributed by atoms with van der Waals surface area (Å²) in [6.45, 7) is 0.959. The van der Waals surface area contributed by atoms with Crippen molar-refractivity contribution in [3.63, 3.8) is 0 Å². The van der Waals surface area contributed by atoms with Crippen molar-refractivity contribution < 1.29 is 9.47 Å². The van der Waals surface area contributed by atoms with Gasteiger partial charge in [-0.15, -0.1) is 0 Å². The fourth-order valence-corrected chi connectivity index (χ4v) is 3.69. The van der Waals surface area contributed by atoms with Crippen LogP contribution in [0.25, 0.3) is 23.1 Å². The second-order valence-corrected chi connectivity index (χ2v) is 8.02. The Morgan fingerprint density at radius 2 is 1.21 bits per heavy atom. The zero-order chi connectivity index (χ0) is 23.0. The monoisotopic (exact) mass is 443 g/mol. The summed E-state index contributed by atoms with van der Waals surface area (Å²) in [7, 11) is 0. The minimum Gasteiger partial charge on any atom is -0.485 e. The van der Waals surface area contributed by atoms with E-state index in [1.165, 1.54) is 0 Å². The lowest BCUT2D eigenvalue weighted by atomic mass is 10.1. The van der Waals surface area contributed by atoms with Crippen molar-refractivity contribution in [2.75, 3.05) is 0 Å². The van der Waals surface area contributed by atoms with Gasteiger partial charge in [-0.2, -0.15) is 0 Å². The van der Waals surface area contributed by atoms with Gasteiger partial charge in [0.1, 0.15) is 13.2 Å². The van der Waals surface area contributed by atoms with Crippen LogP contribution >= 0.6 is 0 Å². The van der Waals surface area contributed by atoms with Gasteiger partial charge in [0.05, 0.1) is 11.2 Å². The Morgan fingerprint density at radius 1 is 0.559 bits per heavy atom. The van der Waals surface area contributed by atoms with E-state index in [0.29, 0.717) is 19.0 Å². The van der Waals surface area contributed by atoms with Crippen LogP contribution in [0.5, 0.6) is 11.5 Å². The molecule has 3 heteroatoms. The molecule has 0 radical (unpaired) electrons. The Bertz CT molecular complexity index is 1400. The molecular formula is C31H25NO2.